The van der Waals surface area contributed by atoms with Crippen molar-refractivity contribution in [1.82, 2.24) is 4.98 Å². The van der Waals surface area contributed by atoms with Crippen molar-refractivity contribution in [1.29, 1.82) is 0 Å². The molecule has 0 aliphatic rings. The first-order valence-corrected chi connectivity index (χ1v) is 7.94. The van der Waals surface area contributed by atoms with Gasteiger partial charge in [0.1, 0.15) is 5.75 Å². The van der Waals surface area contributed by atoms with Crippen LogP contribution in [0.3, 0.4) is 0 Å². The second kappa shape index (κ2) is 6.98. The van der Waals surface area contributed by atoms with E-state index >= 15 is 0 Å². The monoisotopic (exact) mass is 368 g/mol. The Morgan fingerprint density at radius 3 is 2.42 bits per heavy atom. The largest absolute Gasteiger partial charge is 0.478 e. The molecule has 0 aliphatic heterocycles. The number of carboxylic acid groups (broad SMARTS) is 1. The number of carbonyl (C=O) groups is 3. The number of nitrogens with one attached hydrogen (secondary N) is 1. The Kier molecular flexibility index (Phi) is 5.20. The molecule has 24 heavy (non-hydrogen) atoms. The number of hydrogen-bond acceptors (Lipinski definition) is 6. The zero-order chi connectivity index (χ0) is 17.9. The number of hydrogen-bond donors (Lipinski definition) is 2. The summed E-state index contributed by atoms with van der Waals surface area (Å²) < 4.78 is 5.41. The van der Waals surface area contributed by atoms with Crippen LogP contribution in [0, 0.1) is 0 Å². The highest BCUT2D eigenvalue weighted by Gasteiger charge is 2.29. The Labute approximate surface area is 146 Å². The Balaban J connectivity index is 2.11. The lowest BCUT2D eigenvalue weighted by atomic mass is 10.1. The van der Waals surface area contributed by atoms with Crippen LogP contribution in [-0.2, 0) is 14.4 Å². The number of rotatable bonds is 6. The van der Waals surface area contributed by atoms with Gasteiger partial charge in [-0.15, -0.1) is 11.3 Å². The highest BCUT2D eigenvalue weighted by atomic mass is 35.5. The first-order valence-electron chi connectivity index (χ1n) is 6.68. The maximum atomic E-state index is 11.2. The standard InChI is InChI=1S/C15H13ClN2O5S/c1-15(2,13(21)22)23-9-5-3-8(4-6-9)10-7-24-14(17-10)18-12(20)11(16)19/h3-7H,1-2H3,(H,21,22)(H,17,18,20). The molecule has 0 unspecified atom stereocenters. The van der Waals surface area contributed by atoms with Gasteiger partial charge in [-0.25, -0.2) is 9.78 Å². The molecule has 0 saturated carbocycles. The number of carboxylic acids is 1. The van der Waals surface area contributed by atoms with E-state index in [1.54, 1.807) is 29.6 Å². The Hall–Kier alpha value is -2.45. The molecule has 1 amide bonds. The summed E-state index contributed by atoms with van der Waals surface area (Å²) in [5.41, 5.74) is -0.0148. The lowest BCUT2D eigenvalue weighted by molar-refractivity contribution is -0.152. The fourth-order valence-corrected chi connectivity index (χ4v) is 2.40. The quantitative estimate of drug-likeness (QED) is 0.600. The molecule has 0 spiro atoms. The van der Waals surface area contributed by atoms with Crippen molar-refractivity contribution >= 4 is 45.2 Å². The smallest absolute Gasteiger partial charge is 0.347 e. The molecule has 0 aliphatic carbocycles. The Bertz CT molecular complexity index is 785. The number of ether oxygens (including phenoxy) is 1. The van der Waals surface area contributed by atoms with E-state index in [1.165, 1.54) is 13.8 Å². The predicted molar refractivity (Wildman–Crippen MR) is 89.4 cm³/mol. The van der Waals surface area contributed by atoms with Crippen LogP contribution in [0.15, 0.2) is 29.6 Å². The molecule has 0 bridgehead atoms. The summed E-state index contributed by atoms with van der Waals surface area (Å²) in [5, 5.41) is 12.2. The topological polar surface area (TPSA) is 106 Å². The summed E-state index contributed by atoms with van der Waals surface area (Å²) in [4.78, 5) is 37.1. The van der Waals surface area contributed by atoms with Gasteiger partial charge in [0.05, 0.1) is 5.69 Å². The van der Waals surface area contributed by atoms with Crippen LogP contribution in [0.2, 0.25) is 0 Å². The second-order valence-electron chi connectivity index (χ2n) is 5.21. The molecule has 0 fully saturated rings. The van der Waals surface area contributed by atoms with Crippen molar-refractivity contribution in [3.63, 3.8) is 0 Å². The molecule has 0 saturated heterocycles. The van der Waals surface area contributed by atoms with Crippen molar-refractivity contribution in [2.24, 2.45) is 0 Å². The fraction of sp³-hybridized carbons (Fsp3) is 0.200. The summed E-state index contributed by atoms with van der Waals surface area (Å²) in [6, 6.07) is 6.67. The minimum Gasteiger partial charge on any atom is -0.478 e. The maximum Gasteiger partial charge on any atom is 0.347 e. The van der Waals surface area contributed by atoms with Gasteiger partial charge in [-0.05, 0) is 49.7 Å². The normalized spacial score (nSPS) is 11.0. The molecule has 1 heterocycles. The van der Waals surface area contributed by atoms with Crippen LogP contribution < -0.4 is 10.1 Å². The van der Waals surface area contributed by atoms with Crippen LogP contribution in [0.25, 0.3) is 11.3 Å². The lowest BCUT2D eigenvalue weighted by Gasteiger charge is -2.21. The van der Waals surface area contributed by atoms with Crippen molar-refractivity contribution in [3.8, 4) is 17.0 Å². The molecule has 7 nitrogen and oxygen atoms in total. The number of carbonyl (C=O) groups excluding carboxylic acids is 2. The van der Waals surface area contributed by atoms with E-state index in [-0.39, 0.29) is 5.13 Å². The molecule has 2 aromatic rings. The highest BCUT2D eigenvalue weighted by molar-refractivity contribution is 7.14. The van der Waals surface area contributed by atoms with Gasteiger partial charge in [0.15, 0.2) is 10.7 Å². The van der Waals surface area contributed by atoms with Gasteiger partial charge in [-0.3, -0.25) is 14.9 Å². The third-order valence-corrected chi connectivity index (χ3v) is 3.87. The van der Waals surface area contributed by atoms with E-state index in [4.69, 9.17) is 21.4 Å². The number of anilines is 1. The average Bonchev–Trinajstić information content (AvgIpc) is 2.95. The second-order valence-corrected chi connectivity index (χ2v) is 6.41. The number of nitrogens with zero attached hydrogens (tertiary/aromatic N) is 1. The number of aliphatic carboxylic acids is 1. The number of halogens is 1. The zero-order valence-corrected chi connectivity index (χ0v) is 14.3. The third-order valence-electron chi connectivity index (χ3n) is 2.94. The van der Waals surface area contributed by atoms with E-state index in [1.807, 2.05) is 0 Å². The number of amides is 1. The van der Waals surface area contributed by atoms with Crippen LogP contribution in [0.5, 0.6) is 5.75 Å². The molecular formula is C15H13ClN2O5S. The third kappa shape index (κ3) is 4.30. The summed E-state index contributed by atoms with van der Waals surface area (Å²) >= 11 is 6.21. The molecule has 0 atom stereocenters. The molecule has 2 rings (SSSR count). The molecular weight excluding hydrogens is 356 g/mol. The highest BCUT2D eigenvalue weighted by Crippen LogP contribution is 2.27. The van der Waals surface area contributed by atoms with Crippen LogP contribution in [0.1, 0.15) is 13.8 Å². The van der Waals surface area contributed by atoms with Gasteiger partial charge in [-0.2, -0.15) is 0 Å². The van der Waals surface area contributed by atoms with Crippen LogP contribution in [-0.4, -0.2) is 32.8 Å². The SMILES string of the molecule is CC(C)(Oc1ccc(-c2csc(NC(=O)C(=O)Cl)n2)cc1)C(=O)O. The number of benzene rings is 1. The molecule has 9 heteroatoms. The van der Waals surface area contributed by atoms with E-state index in [9.17, 15) is 14.4 Å². The van der Waals surface area contributed by atoms with Gasteiger partial charge in [0.2, 0.25) is 0 Å². The van der Waals surface area contributed by atoms with Gasteiger partial charge in [-0.1, -0.05) is 0 Å². The van der Waals surface area contributed by atoms with Crippen LogP contribution in [0.4, 0.5) is 5.13 Å². The lowest BCUT2D eigenvalue weighted by Crippen LogP contribution is -2.37. The van der Waals surface area contributed by atoms with Crippen LogP contribution >= 0.6 is 22.9 Å². The van der Waals surface area contributed by atoms with Crippen molar-refractivity contribution < 1.29 is 24.2 Å². The van der Waals surface area contributed by atoms with Crippen molar-refractivity contribution in [3.05, 3.63) is 29.6 Å². The molecule has 0 radical (unpaired) electrons. The molecule has 1 aromatic heterocycles. The minimum atomic E-state index is -1.34. The first kappa shape index (κ1) is 17.9. The van der Waals surface area contributed by atoms with E-state index < -0.39 is 22.7 Å². The van der Waals surface area contributed by atoms with Gasteiger partial charge >= 0.3 is 17.1 Å². The Morgan fingerprint density at radius 2 is 1.88 bits per heavy atom. The molecule has 1 aromatic carbocycles. The maximum absolute atomic E-state index is 11.2. The predicted octanol–water partition coefficient (Wildman–Crippen LogP) is 2.76. The zero-order valence-electron chi connectivity index (χ0n) is 12.7. The van der Waals surface area contributed by atoms with Crippen molar-refractivity contribution in [2.45, 2.75) is 19.4 Å². The first-order chi connectivity index (χ1) is 11.2. The Morgan fingerprint density at radius 1 is 1.25 bits per heavy atom. The van der Waals surface area contributed by atoms with Crippen molar-refractivity contribution in [2.75, 3.05) is 5.32 Å². The van der Waals surface area contributed by atoms with Gasteiger partial charge in [0.25, 0.3) is 0 Å². The number of thiazole rings is 1. The van der Waals surface area contributed by atoms with E-state index in [2.05, 4.69) is 10.3 Å². The fourth-order valence-electron chi connectivity index (χ4n) is 1.64. The minimum absolute atomic E-state index is 0.247. The van der Waals surface area contributed by atoms with E-state index in [0.717, 1.165) is 16.9 Å². The summed E-state index contributed by atoms with van der Waals surface area (Å²) in [5.74, 6) is -1.61. The van der Waals surface area contributed by atoms with Gasteiger partial charge < -0.3 is 9.84 Å². The summed E-state index contributed by atoms with van der Waals surface area (Å²) in [6.45, 7) is 2.91. The van der Waals surface area contributed by atoms with E-state index in [0.29, 0.717) is 11.4 Å². The average molecular weight is 369 g/mol. The number of aromatic nitrogens is 1. The summed E-state index contributed by atoms with van der Waals surface area (Å²) in [6.07, 6.45) is 0. The van der Waals surface area contributed by atoms with Gasteiger partial charge in [0, 0.05) is 10.9 Å². The molecule has 126 valence electrons. The summed E-state index contributed by atoms with van der Waals surface area (Å²) in [7, 11) is 0. The molecule has 2 N–H and O–H groups in total.